The monoisotopic (exact) mass is 229 g/mol. The van der Waals surface area contributed by atoms with Crippen LogP contribution in [-0.2, 0) is 0 Å². The maximum atomic E-state index is 5.54. The summed E-state index contributed by atoms with van der Waals surface area (Å²) >= 11 is 11.8. The van der Waals surface area contributed by atoms with Crippen molar-refractivity contribution in [1.29, 1.82) is 0 Å². The Morgan fingerprint density at radius 3 is 2.15 bits per heavy atom. The summed E-state index contributed by atoms with van der Waals surface area (Å²) in [6, 6.07) is 9.44. The minimum atomic E-state index is 0.794. The third-order valence-electron chi connectivity index (χ3n) is 1.18. The first-order chi connectivity index (χ1) is 6.29. The van der Waals surface area contributed by atoms with Crippen molar-refractivity contribution < 1.29 is 0 Å². The van der Waals surface area contributed by atoms with Crippen LogP contribution in [0.2, 0.25) is 5.02 Å². The Morgan fingerprint density at radius 1 is 1.23 bits per heavy atom. The van der Waals surface area contributed by atoms with Gasteiger partial charge in [-0.15, -0.1) is 11.3 Å². The molecule has 1 nitrogen and oxygen atoms in total. The number of hydrogen-bond donors (Lipinski definition) is 1. The third kappa shape index (κ3) is 4.83. The summed E-state index contributed by atoms with van der Waals surface area (Å²) in [5.41, 5.74) is 0. The van der Waals surface area contributed by atoms with Crippen LogP contribution in [0.15, 0.2) is 41.9 Å². The second-order valence-corrected chi connectivity index (χ2v) is 4.17. The molecule has 1 aromatic heterocycles. The predicted octanol–water partition coefficient (Wildman–Crippen LogP) is 4.15. The highest BCUT2D eigenvalue weighted by molar-refractivity contribution is 7.73. The molecule has 0 aliphatic rings. The second-order valence-electron chi connectivity index (χ2n) is 2.15. The average Bonchev–Trinajstić information content (AvgIpc) is 2.58. The maximum Gasteiger partial charge on any atom is 0.158 e. The van der Waals surface area contributed by atoms with Crippen molar-refractivity contribution in [3.05, 3.63) is 50.9 Å². The van der Waals surface area contributed by atoms with Crippen LogP contribution in [-0.4, -0.2) is 4.98 Å². The van der Waals surface area contributed by atoms with Crippen LogP contribution in [0, 0.1) is 3.95 Å². The molecule has 0 saturated heterocycles. The first-order valence-electron chi connectivity index (χ1n) is 3.62. The minimum Gasteiger partial charge on any atom is -0.344 e. The lowest BCUT2D eigenvalue weighted by atomic mass is 10.4. The normalized spacial score (nSPS) is 8.69. The Labute approximate surface area is 91.0 Å². The molecule has 0 unspecified atom stereocenters. The molecule has 0 aliphatic heterocycles. The summed E-state index contributed by atoms with van der Waals surface area (Å²) in [5.74, 6) is 0. The SMILES string of the molecule is Clc1ccccc1.S=c1[nH]ccs1. The number of rotatable bonds is 0. The summed E-state index contributed by atoms with van der Waals surface area (Å²) in [6.45, 7) is 0. The van der Waals surface area contributed by atoms with Gasteiger partial charge >= 0.3 is 0 Å². The lowest BCUT2D eigenvalue weighted by molar-refractivity contribution is 1.40. The molecule has 0 amide bonds. The molecule has 0 saturated carbocycles. The van der Waals surface area contributed by atoms with Gasteiger partial charge < -0.3 is 4.98 Å². The highest BCUT2D eigenvalue weighted by Gasteiger charge is 1.74. The Balaban J connectivity index is 0.000000132. The standard InChI is InChI=1S/C6H5Cl.C3H3NS2/c7-6-4-2-1-3-5-6;5-3-4-1-2-6-3/h1-5H;1-2H,(H,4,5). The van der Waals surface area contributed by atoms with Gasteiger partial charge in [0.25, 0.3) is 0 Å². The molecule has 0 spiro atoms. The fourth-order valence-corrected chi connectivity index (χ4v) is 1.42. The molecule has 1 aromatic carbocycles. The zero-order valence-electron chi connectivity index (χ0n) is 6.74. The van der Waals surface area contributed by atoms with Crippen LogP contribution in [0.4, 0.5) is 0 Å². The van der Waals surface area contributed by atoms with Crippen molar-refractivity contribution in [3.63, 3.8) is 0 Å². The molecule has 0 atom stereocenters. The summed E-state index contributed by atoms with van der Waals surface area (Å²) in [4.78, 5) is 2.83. The quantitative estimate of drug-likeness (QED) is 0.672. The highest BCUT2D eigenvalue weighted by atomic mass is 35.5. The number of aromatic amines is 1. The molecular weight excluding hydrogens is 222 g/mol. The number of aromatic nitrogens is 1. The molecule has 0 fully saturated rings. The van der Waals surface area contributed by atoms with Crippen LogP contribution in [0.25, 0.3) is 0 Å². The molecular formula is C9H8ClNS2. The van der Waals surface area contributed by atoms with E-state index < -0.39 is 0 Å². The summed E-state index contributed by atoms with van der Waals surface area (Å²) in [6.07, 6.45) is 1.83. The van der Waals surface area contributed by atoms with Gasteiger partial charge in [-0.1, -0.05) is 29.8 Å². The van der Waals surface area contributed by atoms with E-state index in [-0.39, 0.29) is 0 Å². The average molecular weight is 230 g/mol. The van der Waals surface area contributed by atoms with E-state index in [0.29, 0.717) is 0 Å². The van der Waals surface area contributed by atoms with E-state index in [9.17, 15) is 0 Å². The van der Waals surface area contributed by atoms with Gasteiger partial charge in [0.05, 0.1) is 0 Å². The van der Waals surface area contributed by atoms with E-state index in [4.69, 9.17) is 23.8 Å². The van der Waals surface area contributed by atoms with Crippen LogP contribution in [0.5, 0.6) is 0 Å². The molecule has 1 N–H and O–H groups in total. The number of nitrogens with one attached hydrogen (secondary N) is 1. The zero-order chi connectivity index (χ0) is 9.52. The van der Waals surface area contributed by atoms with E-state index in [1.807, 2.05) is 41.9 Å². The van der Waals surface area contributed by atoms with Crippen LogP contribution >= 0.6 is 35.2 Å². The molecule has 2 aromatic rings. The highest BCUT2D eigenvalue weighted by Crippen LogP contribution is 2.03. The van der Waals surface area contributed by atoms with E-state index in [1.54, 1.807) is 0 Å². The van der Waals surface area contributed by atoms with Gasteiger partial charge in [-0.3, -0.25) is 0 Å². The largest absolute Gasteiger partial charge is 0.344 e. The van der Waals surface area contributed by atoms with Crippen molar-refractivity contribution in [1.82, 2.24) is 4.98 Å². The van der Waals surface area contributed by atoms with Crippen molar-refractivity contribution >= 4 is 35.2 Å². The van der Waals surface area contributed by atoms with E-state index in [1.165, 1.54) is 11.3 Å². The topological polar surface area (TPSA) is 15.8 Å². The molecule has 13 heavy (non-hydrogen) atoms. The van der Waals surface area contributed by atoms with Gasteiger partial charge in [-0.05, 0) is 24.4 Å². The second kappa shape index (κ2) is 5.91. The Bertz CT molecular complexity index is 363. The van der Waals surface area contributed by atoms with Gasteiger partial charge in [0.2, 0.25) is 0 Å². The van der Waals surface area contributed by atoms with Crippen LogP contribution in [0.3, 0.4) is 0 Å². The van der Waals surface area contributed by atoms with Crippen molar-refractivity contribution in [2.24, 2.45) is 0 Å². The molecule has 0 radical (unpaired) electrons. The van der Waals surface area contributed by atoms with Gasteiger partial charge in [-0.2, -0.15) is 0 Å². The molecule has 68 valence electrons. The van der Waals surface area contributed by atoms with Gasteiger partial charge in [0, 0.05) is 16.6 Å². The van der Waals surface area contributed by atoms with Crippen molar-refractivity contribution in [2.45, 2.75) is 0 Å². The fraction of sp³-hybridized carbons (Fsp3) is 0. The number of hydrogen-bond acceptors (Lipinski definition) is 2. The molecule has 2 rings (SSSR count). The molecule has 4 heteroatoms. The molecule has 0 bridgehead atoms. The Kier molecular flexibility index (Phi) is 4.75. The lowest BCUT2D eigenvalue weighted by Gasteiger charge is -1.80. The fourth-order valence-electron chi connectivity index (χ4n) is 0.647. The van der Waals surface area contributed by atoms with Gasteiger partial charge in [0.1, 0.15) is 0 Å². The zero-order valence-corrected chi connectivity index (χ0v) is 9.12. The first-order valence-corrected chi connectivity index (χ1v) is 5.28. The summed E-state index contributed by atoms with van der Waals surface area (Å²) in [5, 5.41) is 2.71. The Morgan fingerprint density at radius 2 is 1.92 bits per heavy atom. The maximum absolute atomic E-state index is 5.54. The number of thiazole rings is 1. The van der Waals surface area contributed by atoms with Crippen molar-refractivity contribution in [2.75, 3.05) is 0 Å². The summed E-state index contributed by atoms with van der Waals surface area (Å²) in [7, 11) is 0. The Hall–Kier alpha value is -0.640. The van der Waals surface area contributed by atoms with E-state index >= 15 is 0 Å². The smallest absolute Gasteiger partial charge is 0.158 e. The third-order valence-corrected chi connectivity index (χ3v) is 2.44. The summed E-state index contributed by atoms with van der Waals surface area (Å²) < 4.78 is 0.843. The van der Waals surface area contributed by atoms with Gasteiger partial charge in [0.15, 0.2) is 3.95 Å². The van der Waals surface area contributed by atoms with Crippen molar-refractivity contribution in [3.8, 4) is 0 Å². The molecule has 1 heterocycles. The lowest BCUT2D eigenvalue weighted by Crippen LogP contribution is -1.55. The molecule has 0 aliphatic carbocycles. The predicted molar refractivity (Wildman–Crippen MR) is 61.0 cm³/mol. The number of H-pyrrole nitrogens is 1. The first kappa shape index (κ1) is 10.4. The van der Waals surface area contributed by atoms with E-state index in [2.05, 4.69) is 4.98 Å². The minimum absolute atomic E-state index is 0.794. The number of benzene rings is 1. The van der Waals surface area contributed by atoms with Crippen LogP contribution < -0.4 is 0 Å². The number of halogens is 1. The van der Waals surface area contributed by atoms with Gasteiger partial charge in [-0.25, -0.2) is 0 Å². The van der Waals surface area contributed by atoms with Crippen LogP contribution in [0.1, 0.15) is 0 Å². The van der Waals surface area contributed by atoms with E-state index in [0.717, 1.165) is 8.98 Å².